The molecule has 3 N–H and O–H groups in total. The summed E-state index contributed by atoms with van der Waals surface area (Å²) in [6.45, 7) is 2.01. The molecule has 1 atom stereocenters. The molecular weight excluding hydrogens is 344 g/mol. The van der Waals surface area contributed by atoms with Crippen LogP contribution in [0.1, 0.15) is 42.5 Å². The molecule has 0 aromatic carbocycles. The van der Waals surface area contributed by atoms with Crippen LogP contribution in [0.2, 0.25) is 0 Å². The van der Waals surface area contributed by atoms with Crippen molar-refractivity contribution < 1.29 is 9.59 Å². The molecule has 1 fully saturated rings. The zero-order chi connectivity index (χ0) is 19.1. The molecule has 3 rings (SSSR count). The monoisotopic (exact) mass is 370 g/mol. The Morgan fingerprint density at radius 1 is 1.30 bits per heavy atom. The highest BCUT2D eigenvalue weighted by Gasteiger charge is 2.27. The summed E-state index contributed by atoms with van der Waals surface area (Å²) < 4.78 is 1.91. The van der Waals surface area contributed by atoms with Gasteiger partial charge in [0.2, 0.25) is 5.91 Å². The molecule has 2 aromatic rings. The van der Waals surface area contributed by atoms with Crippen molar-refractivity contribution in [2.24, 2.45) is 5.73 Å². The molecule has 1 unspecified atom stereocenters. The third-order valence-electron chi connectivity index (χ3n) is 4.83. The number of pyridine rings is 1. The highest BCUT2D eigenvalue weighted by molar-refractivity contribution is 5.94. The number of carbonyl (C=O) groups is 2. The SMILES string of the molecule is NC(=O)CCNc1ccc(C(=O)N2CCCCC2CCn2cccn2)cn1. The van der Waals surface area contributed by atoms with E-state index in [1.54, 1.807) is 24.5 Å². The van der Waals surface area contributed by atoms with Crippen molar-refractivity contribution in [2.45, 2.75) is 44.7 Å². The van der Waals surface area contributed by atoms with Crippen molar-refractivity contribution in [1.29, 1.82) is 0 Å². The van der Waals surface area contributed by atoms with Gasteiger partial charge in [-0.3, -0.25) is 14.3 Å². The van der Waals surface area contributed by atoms with Crippen molar-refractivity contribution in [3.63, 3.8) is 0 Å². The Bertz CT molecular complexity index is 744. The van der Waals surface area contributed by atoms with Crippen molar-refractivity contribution in [2.75, 3.05) is 18.4 Å². The first-order chi connectivity index (χ1) is 13.1. The summed E-state index contributed by atoms with van der Waals surface area (Å²) in [7, 11) is 0. The lowest BCUT2D eigenvalue weighted by atomic mass is 9.98. The number of anilines is 1. The van der Waals surface area contributed by atoms with Crippen LogP contribution in [-0.4, -0.2) is 50.6 Å². The van der Waals surface area contributed by atoms with Gasteiger partial charge in [0, 0.05) is 50.7 Å². The van der Waals surface area contributed by atoms with Crippen molar-refractivity contribution >= 4 is 17.6 Å². The van der Waals surface area contributed by atoms with Gasteiger partial charge in [-0.25, -0.2) is 4.98 Å². The molecule has 27 heavy (non-hydrogen) atoms. The van der Waals surface area contributed by atoms with Gasteiger partial charge in [0.05, 0.1) is 5.56 Å². The number of likely N-dealkylation sites (tertiary alicyclic amines) is 1. The van der Waals surface area contributed by atoms with Crippen LogP contribution in [0.25, 0.3) is 0 Å². The number of aromatic nitrogens is 3. The van der Waals surface area contributed by atoms with Crippen LogP contribution < -0.4 is 11.1 Å². The number of primary amides is 1. The number of nitrogens with one attached hydrogen (secondary N) is 1. The second-order valence-electron chi connectivity index (χ2n) is 6.78. The van der Waals surface area contributed by atoms with Crippen molar-refractivity contribution in [3.8, 4) is 0 Å². The van der Waals surface area contributed by atoms with E-state index in [4.69, 9.17) is 5.73 Å². The normalized spacial score (nSPS) is 16.9. The van der Waals surface area contributed by atoms with Crippen LogP contribution in [0.4, 0.5) is 5.82 Å². The molecule has 8 heteroatoms. The van der Waals surface area contributed by atoms with Gasteiger partial charge < -0.3 is 16.0 Å². The molecule has 1 aliphatic rings. The minimum atomic E-state index is -0.361. The Morgan fingerprint density at radius 2 is 2.19 bits per heavy atom. The maximum atomic E-state index is 13.0. The highest BCUT2D eigenvalue weighted by atomic mass is 16.2. The number of piperidine rings is 1. The predicted molar refractivity (Wildman–Crippen MR) is 102 cm³/mol. The van der Waals surface area contributed by atoms with Gasteiger partial charge in [0.1, 0.15) is 5.82 Å². The smallest absolute Gasteiger partial charge is 0.255 e. The van der Waals surface area contributed by atoms with Crippen LogP contribution in [0, 0.1) is 0 Å². The second kappa shape index (κ2) is 9.16. The predicted octanol–water partition coefficient (Wildman–Crippen LogP) is 1.65. The topological polar surface area (TPSA) is 106 Å². The molecule has 0 aliphatic carbocycles. The Labute approximate surface area is 158 Å². The number of rotatable bonds is 8. The summed E-state index contributed by atoms with van der Waals surface area (Å²) >= 11 is 0. The summed E-state index contributed by atoms with van der Waals surface area (Å²) in [5, 5.41) is 7.26. The maximum absolute atomic E-state index is 13.0. The summed E-state index contributed by atoms with van der Waals surface area (Å²) in [5.41, 5.74) is 5.70. The minimum absolute atomic E-state index is 0.0244. The molecule has 1 saturated heterocycles. The van der Waals surface area contributed by atoms with E-state index in [-0.39, 0.29) is 24.3 Å². The van der Waals surface area contributed by atoms with Gasteiger partial charge in [0.15, 0.2) is 0 Å². The number of nitrogens with two attached hydrogens (primary N) is 1. The summed E-state index contributed by atoms with van der Waals surface area (Å²) in [5.74, 6) is 0.290. The molecule has 3 heterocycles. The number of hydrogen-bond acceptors (Lipinski definition) is 5. The molecule has 8 nitrogen and oxygen atoms in total. The number of amides is 2. The van der Waals surface area contributed by atoms with Gasteiger partial charge in [0.25, 0.3) is 5.91 Å². The first-order valence-electron chi connectivity index (χ1n) is 9.40. The molecule has 0 bridgehead atoms. The van der Waals surface area contributed by atoms with Crippen molar-refractivity contribution in [3.05, 3.63) is 42.4 Å². The van der Waals surface area contributed by atoms with E-state index in [2.05, 4.69) is 15.4 Å². The number of carbonyl (C=O) groups excluding carboxylic acids is 2. The highest BCUT2D eigenvalue weighted by Crippen LogP contribution is 2.22. The third-order valence-corrected chi connectivity index (χ3v) is 4.83. The molecular formula is C19H26N6O2. The zero-order valence-corrected chi connectivity index (χ0v) is 15.4. The largest absolute Gasteiger partial charge is 0.370 e. The second-order valence-corrected chi connectivity index (χ2v) is 6.78. The lowest BCUT2D eigenvalue weighted by molar-refractivity contribution is -0.117. The fourth-order valence-corrected chi connectivity index (χ4v) is 3.39. The van der Waals surface area contributed by atoms with E-state index in [1.165, 1.54) is 0 Å². The lowest BCUT2D eigenvalue weighted by Gasteiger charge is -2.36. The minimum Gasteiger partial charge on any atom is -0.370 e. The van der Waals surface area contributed by atoms with Crippen molar-refractivity contribution in [1.82, 2.24) is 19.7 Å². The Hall–Kier alpha value is -2.90. The first-order valence-corrected chi connectivity index (χ1v) is 9.40. The first kappa shape index (κ1) is 18.9. The number of nitrogens with zero attached hydrogens (tertiary/aromatic N) is 4. The van der Waals surface area contributed by atoms with Crippen LogP contribution in [0.3, 0.4) is 0 Å². The zero-order valence-electron chi connectivity index (χ0n) is 15.4. The van der Waals surface area contributed by atoms with E-state index in [0.29, 0.717) is 17.9 Å². The van der Waals surface area contributed by atoms with E-state index < -0.39 is 0 Å². The number of hydrogen-bond donors (Lipinski definition) is 2. The lowest BCUT2D eigenvalue weighted by Crippen LogP contribution is -2.44. The Balaban J connectivity index is 1.59. The average molecular weight is 370 g/mol. The van der Waals surface area contributed by atoms with E-state index >= 15 is 0 Å². The quantitative estimate of drug-likeness (QED) is 0.735. The summed E-state index contributed by atoms with van der Waals surface area (Å²) in [6, 6.07) is 5.68. The van der Waals surface area contributed by atoms with E-state index in [9.17, 15) is 9.59 Å². The average Bonchev–Trinajstić information content (AvgIpc) is 3.20. The van der Waals surface area contributed by atoms with E-state index in [0.717, 1.165) is 38.8 Å². The molecule has 0 radical (unpaired) electrons. The fourth-order valence-electron chi connectivity index (χ4n) is 3.39. The van der Waals surface area contributed by atoms with Gasteiger partial charge in [-0.2, -0.15) is 5.10 Å². The van der Waals surface area contributed by atoms with Crippen LogP contribution in [0.5, 0.6) is 0 Å². The standard InChI is InChI=1S/C19H26N6O2/c20-17(26)7-10-21-18-6-5-15(14-22-18)19(27)25-12-2-1-4-16(25)8-13-24-11-3-9-23-24/h3,5-6,9,11,14,16H,1-2,4,7-8,10,12-13H2,(H2,20,26)(H,21,22). The Morgan fingerprint density at radius 3 is 2.89 bits per heavy atom. The summed E-state index contributed by atoms with van der Waals surface area (Å²) in [6.07, 6.45) is 9.65. The maximum Gasteiger partial charge on any atom is 0.255 e. The molecule has 0 spiro atoms. The molecule has 1 aliphatic heterocycles. The molecule has 144 valence electrons. The Kier molecular flexibility index (Phi) is 6.40. The molecule has 2 amide bonds. The van der Waals surface area contributed by atoms with E-state index in [1.807, 2.05) is 21.8 Å². The van der Waals surface area contributed by atoms with Gasteiger partial charge in [-0.05, 0) is 43.9 Å². The summed E-state index contributed by atoms with van der Waals surface area (Å²) in [4.78, 5) is 30.0. The molecule has 0 saturated carbocycles. The fraction of sp³-hybridized carbons (Fsp3) is 0.474. The van der Waals surface area contributed by atoms with Crippen LogP contribution in [-0.2, 0) is 11.3 Å². The van der Waals surface area contributed by atoms with Gasteiger partial charge >= 0.3 is 0 Å². The number of aryl methyl sites for hydroxylation is 1. The van der Waals surface area contributed by atoms with Gasteiger partial charge in [-0.15, -0.1) is 0 Å². The van der Waals surface area contributed by atoms with Crippen LogP contribution in [0.15, 0.2) is 36.8 Å². The van der Waals surface area contributed by atoms with Gasteiger partial charge in [-0.1, -0.05) is 0 Å². The molecule has 2 aromatic heterocycles. The third kappa shape index (κ3) is 5.29. The van der Waals surface area contributed by atoms with Crippen LogP contribution >= 0.6 is 0 Å².